The first kappa shape index (κ1) is 43.2. The largest absolute Gasteiger partial charge is 0.492 e. The normalized spacial score (nSPS) is 21.3. The van der Waals surface area contributed by atoms with Gasteiger partial charge in [0.25, 0.3) is 5.91 Å². The molecule has 3 aliphatic rings. The number of amides is 4. The third kappa shape index (κ3) is 9.59. The van der Waals surface area contributed by atoms with Gasteiger partial charge in [0.05, 0.1) is 30.3 Å². The molecular formula is C41H47F3N8O6S. The number of alkyl halides is 3. The Hall–Kier alpha value is -5.35. The Morgan fingerprint density at radius 3 is 2.51 bits per heavy atom. The van der Waals surface area contributed by atoms with E-state index in [1.807, 2.05) is 17.9 Å². The van der Waals surface area contributed by atoms with Gasteiger partial charge in [-0.1, -0.05) is 13.0 Å². The molecule has 0 saturated carbocycles. The maximum atomic E-state index is 13.8. The van der Waals surface area contributed by atoms with Gasteiger partial charge < -0.3 is 25.4 Å². The summed E-state index contributed by atoms with van der Waals surface area (Å²) in [7, 11) is 0. The summed E-state index contributed by atoms with van der Waals surface area (Å²) in [6.07, 6.45) is -3.58. The van der Waals surface area contributed by atoms with Crippen molar-refractivity contribution in [3.05, 3.63) is 77.4 Å². The zero-order chi connectivity index (χ0) is 42.6. The highest BCUT2D eigenvalue weighted by molar-refractivity contribution is 7.81. The lowest BCUT2D eigenvalue weighted by Crippen LogP contribution is -2.56. The zero-order valence-corrected chi connectivity index (χ0v) is 33.8. The van der Waals surface area contributed by atoms with Crippen LogP contribution in [0.4, 0.5) is 35.9 Å². The number of benzene rings is 3. The van der Waals surface area contributed by atoms with E-state index in [2.05, 4.69) is 20.9 Å². The van der Waals surface area contributed by atoms with Crippen LogP contribution in [0.25, 0.3) is 0 Å². The minimum Gasteiger partial charge on any atom is -0.492 e. The number of carbonyl (C=O) groups is 4. The van der Waals surface area contributed by atoms with Crippen molar-refractivity contribution >= 4 is 59.0 Å². The number of aryl methyl sites for hydroxylation is 1. The van der Waals surface area contributed by atoms with Gasteiger partial charge in [-0.15, -0.1) is 12.6 Å². The van der Waals surface area contributed by atoms with E-state index in [1.165, 1.54) is 11.0 Å². The topological polar surface area (TPSA) is 171 Å². The standard InChI is InChI=1S/C41H47F3N8O6S/c1-4-25-18-30(52-39(59)51(38(57)40(52,2)3)29-9-8-26(21-45)32(20-29)41(42,43)44)10-12-34(25)58-17-16-49-14-15-50(31(22-49)24-53)23-36(55)47-28-7-5-6-27(19-28)46-33-11-13-35(54)48-37(33)56/h5-10,12,18-20,31,33,39,46,53,59H,4,11,13-17,22-24H2,1-3H3,(H,47,55)(H,48,54,56)/t31-,33?,39+/m0/s1. The summed E-state index contributed by atoms with van der Waals surface area (Å²) in [4.78, 5) is 57.4. The van der Waals surface area contributed by atoms with Crippen molar-refractivity contribution in [1.29, 1.82) is 5.26 Å². The number of anilines is 4. The number of hydrogen-bond acceptors (Lipinski definition) is 12. The molecule has 18 heteroatoms. The monoisotopic (exact) mass is 836 g/mol. The lowest BCUT2D eigenvalue weighted by atomic mass is 10.0. The number of ether oxygens (including phenoxy) is 1. The molecule has 0 radical (unpaired) electrons. The first-order chi connectivity index (χ1) is 28.0. The second-order valence-corrected chi connectivity index (χ2v) is 15.6. The second kappa shape index (κ2) is 17.9. The number of imide groups is 1. The summed E-state index contributed by atoms with van der Waals surface area (Å²) >= 11 is 4.71. The number of aliphatic hydroxyl groups excluding tert-OH is 1. The first-order valence-electron chi connectivity index (χ1n) is 19.3. The molecule has 0 bridgehead atoms. The second-order valence-electron chi connectivity index (χ2n) is 15.2. The van der Waals surface area contributed by atoms with Crippen molar-refractivity contribution in [1.82, 2.24) is 15.1 Å². The summed E-state index contributed by atoms with van der Waals surface area (Å²) in [6, 6.07) is 16.4. The van der Waals surface area contributed by atoms with E-state index < -0.39 is 40.3 Å². The maximum Gasteiger partial charge on any atom is 0.417 e. The predicted molar refractivity (Wildman–Crippen MR) is 218 cm³/mol. The van der Waals surface area contributed by atoms with Gasteiger partial charge in [0.15, 0.2) is 5.50 Å². The molecular weight excluding hydrogens is 790 g/mol. The molecule has 3 aliphatic heterocycles. The highest BCUT2D eigenvalue weighted by atomic mass is 32.1. The average molecular weight is 837 g/mol. The molecule has 0 spiro atoms. The van der Waals surface area contributed by atoms with Crippen LogP contribution in [-0.2, 0) is 31.8 Å². The Balaban J connectivity index is 1.03. The van der Waals surface area contributed by atoms with Crippen molar-refractivity contribution in [2.75, 3.05) is 66.4 Å². The Labute approximate surface area is 345 Å². The number of nitrogens with one attached hydrogen (secondary N) is 3. The summed E-state index contributed by atoms with van der Waals surface area (Å²) in [5.74, 6) is -0.759. The molecule has 314 valence electrons. The van der Waals surface area contributed by atoms with Crippen LogP contribution in [0.2, 0.25) is 0 Å². The Kier molecular flexibility index (Phi) is 13.1. The first-order valence-corrected chi connectivity index (χ1v) is 19.8. The molecule has 0 aromatic heterocycles. The molecule has 6 rings (SSSR count). The van der Waals surface area contributed by atoms with Crippen molar-refractivity contribution < 1.29 is 42.2 Å². The fourth-order valence-electron chi connectivity index (χ4n) is 7.69. The van der Waals surface area contributed by atoms with Crippen molar-refractivity contribution in [2.45, 2.75) is 69.3 Å². The van der Waals surface area contributed by atoms with Gasteiger partial charge in [0.1, 0.15) is 23.9 Å². The summed E-state index contributed by atoms with van der Waals surface area (Å²) in [5.41, 5.74) is -1.18. The highest BCUT2D eigenvalue weighted by Crippen LogP contribution is 2.43. The van der Waals surface area contributed by atoms with Gasteiger partial charge in [-0.05, 0) is 86.8 Å². The molecule has 59 heavy (non-hydrogen) atoms. The van der Waals surface area contributed by atoms with Crippen LogP contribution in [0.3, 0.4) is 0 Å². The number of carbonyl (C=O) groups excluding carboxylic acids is 4. The van der Waals surface area contributed by atoms with Gasteiger partial charge in [-0.2, -0.15) is 18.4 Å². The van der Waals surface area contributed by atoms with E-state index in [0.29, 0.717) is 68.4 Å². The number of piperidine rings is 1. The van der Waals surface area contributed by atoms with Crippen LogP contribution in [0.5, 0.6) is 5.75 Å². The smallest absolute Gasteiger partial charge is 0.417 e. The third-order valence-electron chi connectivity index (χ3n) is 10.9. The number of aliphatic hydroxyl groups is 1. The van der Waals surface area contributed by atoms with E-state index in [0.717, 1.165) is 17.7 Å². The minimum atomic E-state index is -4.79. The van der Waals surface area contributed by atoms with Gasteiger partial charge in [0, 0.05) is 61.4 Å². The summed E-state index contributed by atoms with van der Waals surface area (Å²) < 4.78 is 47.6. The van der Waals surface area contributed by atoms with Gasteiger partial charge in [-0.3, -0.25) is 39.2 Å². The molecule has 3 fully saturated rings. The van der Waals surface area contributed by atoms with Crippen LogP contribution in [0.1, 0.15) is 50.3 Å². The highest BCUT2D eigenvalue weighted by Gasteiger charge is 2.52. The number of thiol groups is 1. The number of nitriles is 1. The minimum absolute atomic E-state index is 0.0241. The lowest BCUT2D eigenvalue weighted by Gasteiger charge is -2.40. The molecule has 1 unspecified atom stereocenters. The van der Waals surface area contributed by atoms with Crippen LogP contribution in [-0.4, -0.2) is 108 Å². The molecule has 14 nitrogen and oxygen atoms in total. The van der Waals surface area contributed by atoms with Crippen LogP contribution in [0, 0.1) is 11.3 Å². The van der Waals surface area contributed by atoms with Crippen molar-refractivity contribution in [2.24, 2.45) is 0 Å². The van der Waals surface area contributed by atoms with E-state index in [9.17, 15) is 42.7 Å². The Morgan fingerprint density at radius 2 is 1.81 bits per heavy atom. The summed E-state index contributed by atoms with van der Waals surface area (Å²) in [5, 5.41) is 27.8. The van der Waals surface area contributed by atoms with E-state index in [1.54, 1.807) is 61.2 Å². The molecule has 3 atom stereocenters. The van der Waals surface area contributed by atoms with Crippen molar-refractivity contribution in [3.8, 4) is 11.8 Å². The van der Waals surface area contributed by atoms with Crippen LogP contribution >= 0.6 is 12.6 Å². The average Bonchev–Trinajstić information content (AvgIpc) is 3.37. The molecule has 3 aromatic rings. The van der Waals surface area contributed by atoms with E-state index >= 15 is 0 Å². The van der Waals surface area contributed by atoms with E-state index in [4.69, 9.17) is 17.4 Å². The molecule has 4 N–H and O–H groups in total. The van der Waals surface area contributed by atoms with Gasteiger partial charge in [0.2, 0.25) is 17.7 Å². The number of piperazine rings is 1. The quantitative estimate of drug-likeness (QED) is 0.124. The lowest BCUT2D eigenvalue weighted by molar-refractivity contribution is -0.138. The maximum absolute atomic E-state index is 13.8. The van der Waals surface area contributed by atoms with Gasteiger partial charge >= 0.3 is 6.18 Å². The number of halogens is 3. The van der Waals surface area contributed by atoms with Crippen LogP contribution < -0.4 is 30.5 Å². The zero-order valence-electron chi connectivity index (χ0n) is 32.9. The summed E-state index contributed by atoms with van der Waals surface area (Å²) in [6.45, 7) is 7.83. The fourth-order valence-corrected chi connectivity index (χ4v) is 8.35. The van der Waals surface area contributed by atoms with Crippen LogP contribution in [0.15, 0.2) is 60.7 Å². The molecule has 3 heterocycles. The Bertz CT molecular complexity index is 2130. The van der Waals surface area contributed by atoms with E-state index in [-0.39, 0.29) is 49.0 Å². The molecule has 0 aliphatic carbocycles. The SMILES string of the molecule is CCc1cc(N2[C@H](S)N(c3ccc(C#N)c(C(F)(F)F)c3)C(=O)C2(C)C)ccc1OCCN1CCN(CC(=O)Nc2cccc(NC3CCC(=O)NC3=O)c2)[C@H](CO)C1. The third-order valence-corrected chi connectivity index (χ3v) is 11.3. The van der Waals surface area contributed by atoms with Gasteiger partial charge in [-0.25, -0.2) is 0 Å². The number of hydrogen-bond donors (Lipinski definition) is 5. The molecule has 3 saturated heterocycles. The fraction of sp³-hybridized carbons (Fsp3) is 0.439. The Morgan fingerprint density at radius 1 is 1.07 bits per heavy atom. The number of nitrogens with zero attached hydrogens (tertiary/aromatic N) is 5. The predicted octanol–water partition coefficient (Wildman–Crippen LogP) is 4.20. The number of rotatable bonds is 13. The molecule has 4 amide bonds. The van der Waals surface area contributed by atoms with Crippen molar-refractivity contribution in [3.63, 3.8) is 0 Å². The molecule has 3 aromatic carbocycles.